The number of fused-ring (bicyclic) bond motifs is 1. The molecule has 2 aliphatic rings. The number of ether oxygens (including phenoxy) is 2. The van der Waals surface area contributed by atoms with Crippen molar-refractivity contribution in [1.29, 1.82) is 0 Å². The van der Waals surface area contributed by atoms with Crippen LogP contribution in [0.25, 0.3) is 0 Å². The van der Waals surface area contributed by atoms with Crippen molar-refractivity contribution < 1.29 is 14.3 Å². The van der Waals surface area contributed by atoms with Crippen LogP contribution in [0.4, 0.5) is 10.5 Å². The van der Waals surface area contributed by atoms with Gasteiger partial charge < -0.3 is 14.4 Å². The van der Waals surface area contributed by atoms with Crippen molar-refractivity contribution in [2.75, 3.05) is 38.0 Å². The number of methoxy groups -OCH3 is 2. The van der Waals surface area contributed by atoms with E-state index >= 15 is 0 Å². The Morgan fingerprint density at radius 1 is 1.18 bits per heavy atom. The summed E-state index contributed by atoms with van der Waals surface area (Å²) in [7, 11) is 3.30. The van der Waals surface area contributed by atoms with E-state index in [0.717, 1.165) is 61.4 Å². The van der Waals surface area contributed by atoms with Crippen LogP contribution in [0.15, 0.2) is 46.5 Å². The van der Waals surface area contributed by atoms with Gasteiger partial charge in [-0.25, -0.2) is 5.43 Å². The van der Waals surface area contributed by atoms with Crippen LogP contribution in [-0.4, -0.2) is 49.8 Å². The zero-order chi connectivity index (χ0) is 23.2. The predicted octanol–water partition coefficient (Wildman–Crippen LogP) is 4.86. The smallest absolute Gasteiger partial charge is 0.299 e. The summed E-state index contributed by atoms with van der Waals surface area (Å²) in [5.41, 5.74) is 7.97. The summed E-state index contributed by atoms with van der Waals surface area (Å²) in [5, 5.41) is 4.14. The fourth-order valence-corrected chi connectivity index (χ4v) is 4.72. The molecule has 2 aromatic carbocycles. The van der Waals surface area contributed by atoms with E-state index < -0.39 is 0 Å². The topological polar surface area (TPSA) is 75.5 Å². The molecule has 0 fully saturated rings. The monoisotopic (exact) mass is 466 g/mol. The van der Waals surface area contributed by atoms with Crippen molar-refractivity contribution in [3.63, 3.8) is 0 Å². The number of hydrazone groups is 1. The number of amidine groups is 1. The third kappa shape index (κ3) is 5.16. The van der Waals surface area contributed by atoms with Crippen LogP contribution in [0.2, 0.25) is 0 Å². The van der Waals surface area contributed by atoms with E-state index in [4.69, 9.17) is 14.5 Å². The largest absolute Gasteiger partial charge is 0.493 e. The van der Waals surface area contributed by atoms with Crippen LogP contribution in [0.3, 0.4) is 0 Å². The first-order chi connectivity index (χ1) is 16.1. The Bertz CT molecular complexity index is 1080. The van der Waals surface area contributed by atoms with Gasteiger partial charge in [0.05, 0.1) is 19.9 Å². The van der Waals surface area contributed by atoms with Gasteiger partial charge in [-0.2, -0.15) is 5.10 Å². The minimum absolute atomic E-state index is 0.106. The summed E-state index contributed by atoms with van der Waals surface area (Å²) in [6.45, 7) is 3.86. The first-order valence-corrected chi connectivity index (χ1v) is 12.3. The van der Waals surface area contributed by atoms with Gasteiger partial charge in [0.25, 0.3) is 5.24 Å². The number of unbranched alkanes of at least 4 members (excludes halogenated alkanes) is 1. The Kier molecular flexibility index (Phi) is 7.54. The van der Waals surface area contributed by atoms with Gasteiger partial charge in [-0.1, -0.05) is 31.2 Å². The maximum absolute atomic E-state index is 11.4. The molecular weight excluding hydrogens is 436 g/mol. The number of hydrogen-bond acceptors (Lipinski definition) is 6. The van der Waals surface area contributed by atoms with Crippen LogP contribution in [0.1, 0.15) is 42.9 Å². The van der Waals surface area contributed by atoms with Gasteiger partial charge >= 0.3 is 0 Å². The Morgan fingerprint density at radius 3 is 2.76 bits per heavy atom. The molecule has 8 heteroatoms. The summed E-state index contributed by atoms with van der Waals surface area (Å²) in [4.78, 5) is 18.8. The van der Waals surface area contributed by atoms with Gasteiger partial charge in [-0.3, -0.25) is 9.79 Å². The third-order valence-corrected chi connectivity index (χ3v) is 6.60. The van der Waals surface area contributed by atoms with E-state index in [1.165, 1.54) is 23.0 Å². The highest BCUT2D eigenvalue weighted by Crippen LogP contribution is 2.33. The molecular formula is C25H30N4O3S. The summed E-state index contributed by atoms with van der Waals surface area (Å²) in [6.07, 6.45) is 4.17. The van der Waals surface area contributed by atoms with Gasteiger partial charge in [0.2, 0.25) is 0 Å². The fraction of sp³-hybridized carbons (Fsp3) is 0.400. The van der Waals surface area contributed by atoms with E-state index in [0.29, 0.717) is 17.3 Å². The maximum atomic E-state index is 11.4. The number of nitrogens with one attached hydrogen (secondary N) is 1. The molecule has 4 rings (SSSR count). The lowest BCUT2D eigenvalue weighted by Gasteiger charge is -2.33. The zero-order valence-electron chi connectivity index (χ0n) is 19.4. The molecule has 2 aliphatic heterocycles. The molecule has 0 atom stereocenters. The van der Waals surface area contributed by atoms with Gasteiger partial charge in [0.1, 0.15) is 5.84 Å². The van der Waals surface area contributed by atoms with Gasteiger partial charge in [-0.05, 0) is 60.7 Å². The molecule has 2 heterocycles. The highest BCUT2D eigenvalue weighted by atomic mass is 32.2. The number of carbonyl (C=O) groups excluding carboxylic acids is 1. The second kappa shape index (κ2) is 10.7. The number of aryl methyl sites for hydroxylation is 1. The van der Waals surface area contributed by atoms with E-state index in [9.17, 15) is 4.79 Å². The highest BCUT2D eigenvalue weighted by Gasteiger charge is 2.24. The molecule has 0 aromatic heterocycles. The predicted molar refractivity (Wildman–Crippen MR) is 135 cm³/mol. The number of anilines is 1. The zero-order valence-corrected chi connectivity index (χ0v) is 20.2. The van der Waals surface area contributed by atoms with Crippen molar-refractivity contribution >= 4 is 34.2 Å². The number of benzene rings is 2. The SMILES string of the molecule is CCCC/N=C(/c1ccc(OC)c(OC)c1)N1CCCc2cc(C3=NNC(=O)SC3)ccc21. The quantitative estimate of drug-likeness (QED) is 0.358. The molecule has 0 saturated heterocycles. The second-order valence-corrected chi connectivity index (χ2v) is 8.92. The molecule has 0 aliphatic carbocycles. The summed E-state index contributed by atoms with van der Waals surface area (Å²) < 4.78 is 11.0. The molecule has 174 valence electrons. The molecule has 7 nitrogen and oxygen atoms in total. The van der Waals surface area contributed by atoms with Gasteiger partial charge in [-0.15, -0.1) is 0 Å². The van der Waals surface area contributed by atoms with E-state index in [1.807, 2.05) is 18.2 Å². The van der Waals surface area contributed by atoms with Crippen LogP contribution in [0.5, 0.6) is 11.5 Å². The molecule has 33 heavy (non-hydrogen) atoms. The standard InChI is InChI=1S/C25H30N4O3S/c1-4-5-12-26-24(19-9-11-22(31-2)23(15-19)32-3)29-13-6-7-18-14-17(8-10-21(18)29)20-16-33-25(30)28-27-20/h8-11,14-15H,4-7,12-13,16H2,1-3H3,(H,28,30)/b26-24-. The maximum Gasteiger partial charge on any atom is 0.299 e. The number of nitrogens with zero attached hydrogens (tertiary/aromatic N) is 3. The molecule has 0 spiro atoms. The van der Waals surface area contributed by atoms with Crippen LogP contribution in [-0.2, 0) is 6.42 Å². The van der Waals surface area contributed by atoms with Crippen molar-refractivity contribution in [1.82, 2.24) is 5.43 Å². The lowest BCUT2D eigenvalue weighted by atomic mass is 9.97. The molecule has 0 bridgehead atoms. The van der Waals surface area contributed by atoms with E-state index in [1.54, 1.807) is 14.2 Å². The average molecular weight is 467 g/mol. The molecule has 0 unspecified atom stereocenters. The molecule has 0 saturated carbocycles. The number of thioether (sulfide) groups is 1. The minimum Gasteiger partial charge on any atom is -0.493 e. The lowest BCUT2D eigenvalue weighted by molar-refractivity contribution is 0.261. The lowest BCUT2D eigenvalue weighted by Crippen LogP contribution is -2.36. The number of rotatable bonds is 7. The normalized spacial score (nSPS) is 16.1. The summed E-state index contributed by atoms with van der Waals surface area (Å²) >= 11 is 1.25. The second-order valence-electron chi connectivity index (χ2n) is 7.97. The number of carbonyl (C=O) groups is 1. The van der Waals surface area contributed by atoms with Gasteiger partial charge in [0, 0.05) is 30.1 Å². The Balaban J connectivity index is 1.71. The van der Waals surface area contributed by atoms with Gasteiger partial charge in [0.15, 0.2) is 11.5 Å². The van der Waals surface area contributed by atoms with E-state index in [-0.39, 0.29) is 5.24 Å². The Hall–Kier alpha value is -3.00. The Labute approximate surface area is 199 Å². The molecule has 1 amide bonds. The average Bonchev–Trinajstić information content (AvgIpc) is 2.86. The molecule has 0 radical (unpaired) electrons. The first kappa shape index (κ1) is 23.2. The molecule has 2 aromatic rings. The fourth-order valence-electron chi connectivity index (χ4n) is 4.11. The third-order valence-electron chi connectivity index (χ3n) is 5.82. The van der Waals surface area contributed by atoms with E-state index in [2.05, 4.69) is 40.5 Å². The van der Waals surface area contributed by atoms with Crippen molar-refractivity contribution in [3.05, 3.63) is 53.1 Å². The Morgan fingerprint density at radius 2 is 2.03 bits per heavy atom. The number of aliphatic imine (C=N–C) groups is 1. The van der Waals surface area contributed by atoms with Crippen LogP contribution >= 0.6 is 11.8 Å². The first-order valence-electron chi connectivity index (χ1n) is 11.3. The van der Waals surface area contributed by atoms with Crippen molar-refractivity contribution in [2.45, 2.75) is 32.6 Å². The molecule has 1 N–H and O–H groups in total. The highest BCUT2D eigenvalue weighted by molar-refractivity contribution is 8.14. The minimum atomic E-state index is -0.106. The van der Waals surface area contributed by atoms with Crippen LogP contribution in [0, 0.1) is 0 Å². The number of hydrogen-bond donors (Lipinski definition) is 1. The van der Waals surface area contributed by atoms with Crippen molar-refractivity contribution in [2.24, 2.45) is 10.1 Å². The summed E-state index contributed by atoms with van der Waals surface area (Å²) in [5.74, 6) is 2.94. The summed E-state index contributed by atoms with van der Waals surface area (Å²) in [6, 6.07) is 12.4. The van der Waals surface area contributed by atoms with Crippen molar-refractivity contribution in [3.8, 4) is 11.5 Å². The van der Waals surface area contributed by atoms with Crippen LogP contribution < -0.4 is 19.8 Å². The number of amides is 1.